The number of hydrogen-bond donors (Lipinski definition) is 1. The molecule has 0 bridgehead atoms. The summed E-state index contributed by atoms with van der Waals surface area (Å²) in [7, 11) is 2.16. The summed E-state index contributed by atoms with van der Waals surface area (Å²) < 4.78 is 5.39. The van der Waals surface area contributed by atoms with Crippen LogP contribution in [0.15, 0.2) is 6.07 Å². The molecule has 0 amide bonds. The summed E-state index contributed by atoms with van der Waals surface area (Å²) in [6.07, 6.45) is 1.19. The molecule has 1 rings (SSSR count). The second kappa shape index (κ2) is 9.48. The van der Waals surface area contributed by atoms with E-state index in [1.54, 1.807) is 0 Å². The van der Waals surface area contributed by atoms with Gasteiger partial charge in [-0.05, 0) is 45.5 Å². The maximum atomic E-state index is 5.39. The molecule has 1 N–H and O–H groups in total. The molecule has 1 aromatic heterocycles. The monoisotopic (exact) mass is 284 g/mol. The smallest absolute Gasteiger partial charge is 0.0593 e. The minimum absolute atomic E-state index is 0.804. The van der Waals surface area contributed by atoms with Crippen molar-refractivity contribution in [1.29, 1.82) is 0 Å². The Kier molecular flexibility index (Phi) is 8.30. The highest BCUT2D eigenvalue weighted by atomic mass is 32.1. The summed E-state index contributed by atoms with van der Waals surface area (Å²) >= 11 is 1.91. The molecule has 0 atom stereocenters. The van der Waals surface area contributed by atoms with Gasteiger partial charge in [0.25, 0.3) is 0 Å². The number of likely N-dealkylation sites (N-methyl/N-ethyl adjacent to an activating group) is 1. The lowest BCUT2D eigenvalue weighted by molar-refractivity contribution is 0.120. The number of thiophene rings is 1. The highest BCUT2D eigenvalue weighted by Gasteiger charge is 2.08. The Balaban J connectivity index is 2.40. The van der Waals surface area contributed by atoms with E-state index in [0.29, 0.717) is 0 Å². The minimum atomic E-state index is 0.804. The van der Waals surface area contributed by atoms with Crippen molar-refractivity contribution in [2.75, 3.05) is 33.4 Å². The second-order valence-electron chi connectivity index (χ2n) is 4.91. The zero-order chi connectivity index (χ0) is 14.1. The zero-order valence-electron chi connectivity index (χ0n) is 12.8. The van der Waals surface area contributed by atoms with Crippen LogP contribution in [-0.2, 0) is 17.8 Å². The molecule has 0 aliphatic rings. The van der Waals surface area contributed by atoms with E-state index in [9.17, 15) is 0 Å². The first-order chi connectivity index (χ1) is 9.17. The van der Waals surface area contributed by atoms with Crippen LogP contribution in [0.25, 0.3) is 0 Å². The Morgan fingerprint density at radius 1 is 1.37 bits per heavy atom. The fraction of sp³-hybridized carbons (Fsp3) is 0.733. The largest absolute Gasteiger partial charge is 0.380 e. The van der Waals surface area contributed by atoms with Gasteiger partial charge < -0.3 is 10.1 Å². The highest BCUT2D eigenvalue weighted by molar-refractivity contribution is 7.12. The van der Waals surface area contributed by atoms with Crippen molar-refractivity contribution in [3.05, 3.63) is 21.4 Å². The minimum Gasteiger partial charge on any atom is -0.380 e. The van der Waals surface area contributed by atoms with Crippen LogP contribution in [0.4, 0.5) is 0 Å². The molecular weight excluding hydrogens is 256 g/mol. The molecule has 4 heteroatoms. The molecule has 0 fully saturated rings. The summed E-state index contributed by atoms with van der Waals surface area (Å²) in [6, 6.07) is 2.35. The van der Waals surface area contributed by atoms with Crippen LogP contribution in [0.3, 0.4) is 0 Å². The summed E-state index contributed by atoms with van der Waals surface area (Å²) in [5.41, 5.74) is 1.46. The van der Waals surface area contributed by atoms with Crippen LogP contribution in [0.1, 0.15) is 35.6 Å². The quantitative estimate of drug-likeness (QED) is 0.668. The third kappa shape index (κ3) is 6.52. The highest BCUT2D eigenvalue weighted by Crippen LogP contribution is 2.22. The van der Waals surface area contributed by atoms with Crippen LogP contribution in [0, 0.1) is 6.92 Å². The van der Waals surface area contributed by atoms with E-state index in [0.717, 1.165) is 39.4 Å². The SMILES string of the molecule is CCCNCc1cc(CN(C)CCOCC)c(C)s1. The van der Waals surface area contributed by atoms with Crippen LogP contribution in [0.2, 0.25) is 0 Å². The molecule has 0 spiro atoms. The molecule has 0 unspecified atom stereocenters. The lowest BCUT2D eigenvalue weighted by atomic mass is 10.2. The van der Waals surface area contributed by atoms with Crippen molar-refractivity contribution >= 4 is 11.3 Å². The van der Waals surface area contributed by atoms with Gasteiger partial charge in [-0.3, -0.25) is 4.90 Å². The van der Waals surface area contributed by atoms with Crippen molar-refractivity contribution < 1.29 is 4.74 Å². The van der Waals surface area contributed by atoms with Crippen LogP contribution < -0.4 is 5.32 Å². The van der Waals surface area contributed by atoms with Gasteiger partial charge in [-0.25, -0.2) is 0 Å². The number of nitrogens with zero attached hydrogens (tertiary/aromatic N) is 1. The average molecular weight is 284 g/mol. The lowest BCUT2D eigenvalue weighted by Gasteiger charge is -2.16. The molecule has 0 aliphatic heterocycles. The molecular formula is C15H28N2OS. The third-order valence-electron chi connectivity index (χ3n) is 3.06. The lowest BCUT2D eigenvalue weighted by Crippen LogP contribution is -2.22. The Labute approximate surface area is 122 Å². The normalized spacial score (nSPS) is 11.4. The first-order valence-electron chi connectivity index (χ1n) is 7.22. The molecule has 3 nitrogen and oxygen atoms in total. The third-order valence-corrected chi connectivity index (χ3v) is 4.15. The number of nitrogens with one attached hydrogen (secondary N) is 1. The van der Waals surface area contributed by atoms with E-state index in [-0.39, 0.29) is 0 Å². The molecule has 0 aromatic carbocycles. The van der Waals surface area contributed by atoms with Crippen molar-refractivity contribution in [3.63, 3.8) is 0 Å². The van der Waals surface area contributed by atoms with E-state index >= 15 is 0 Å². The topological polar surface area (TPSA) is 24.5 Å². The van der Waals surface area contributed by atoms with Gasteiger partial charge in [-0.2, -0.15) is 0 Å². The van der Waals surface area contributed by atoms with Crippen LogP contribution in [-0.4, -0.2) is 38.3 Å². The van der Waals surface area contributed by atoms with E-state index < -0.39 is 0 Å². The second-order valence-corrected chi connectivity index (χ2v) is 6.25. The first kappa shape index (κ1) is 16.6. The standard InChI is InChI=1S/C15H28N2OS/c1-5-7-16-11-15-10-14(13(3)19-15)12-17(4)8-9-18-6-2/h10,16H,5-9,11-12H2,1-4H3. The van der Waals surface area contributed by atoms with Gasteiger partial charge in [-0.15, -0.1) is 11.3 Å². The van der Waals surface area contributed by atoms with Crippen LogP contribution in [0.5, 0.6) is 0 Å². The first-order valence-corrected chi connectivity index (χ1v) is 8.04. The van der Waals surface area contributed by atoms with Gasteiger partial charge in [0.1, 0.15) is 0 Å². The molecule has 19 heavy (non-hydrogen) atoms. The van der Waals surface area contributed by atoms with E-state index in [4.69, 9.17) is 4.74 Å². The predicted octanol–water partition coefficient (Wildman–Crippen LogP) is 3.02. The molecule has 1 aromatic rings. The van der Waals surface area contributed by atoms with E-state index in [1.165, 1.54) is 21.7 Å². The van der Waals surface area contributed by atoms with Gasteiger partial charge in [-0.1, -0.05) is 6.92 Å². The molecule has 0 saturated heterocycles. The summed E-state index contributed by atoms with van der Waals surface area (Å²) in [4.78, 5) is 5.21. The van der Waals surface area contributed by atoms with Gasteiger partial charge in [0.15, 0.2) is 0 Å². The van der Waals surface area contributed by atoms with Crippen LogP contribution >= 0.6 is 11.3 Å². The number of hydrogen-bond acceptors (Lipinski definition) is 4. The van der Waals surface area contributed by atoms with Crippen molar-refractivity contribution in [2.45, 2.75) is 40.3 Å². The fourth-order valence-electron chi connectivity index (χ4n) is 1.95. The predicted molar refractivity (Wildman–Crippen MR) is 83.9 cm³/mol. The maximum absolute atomic E-state index is 5.39. The van der Waals surface area contributed by atoms with E-state index in [1.807, 2.05) is 18.3 Å². The van der Waals surface area contributed by atoms with Gasteiger partial charge in [0, 0.05) is 36.0 Å². The van der Waals surface area contributed by atoms with E-state index in [2.05, 4.69) is 37.2 Å². The average Bonchev–Trinajstić information content (AvgIpc) is 2.71. The van der Waals surface area contributed by atoms with Crippen molar-refractivity contribution in [1.82, 2.24) is 10.2 Å². The number of aryl methyl sites for hydroxylation is 1. The number of ether oxygens (including phenoxy) is 1. The Morgan fingerprint density at radius 3 is 2.84 bits per heavy atom. The van der Waals surface area contributed by atoms with Gasteiger partial charge >= 0.3 is 0 Å². The molecule has 110 valence electrons. The molecule has 0 aliphatic carbocycles. The number of rotatable bonds is 10. The molecule has 0 saturated carbocycles. The van der Waals surface area contributed by atoms with Crippen molar-refractivity contribution in [3.8, 4) is 0 Å². The Hall–Kier alpha value is -0.420. The molecule has 0 radical (unpaired) electrons. The summed E-state index contributed by atoms with van der Waals surface area (Å²) in [6.45, 7) is 12.2. The maximum Gasteiger partial charge on any atom is 0.0593 e. The summed E-state index contributed by atoms with van der Waals surface area (Å²) in [5, 5.41) is 3.46. The Morgan fingerprint density at radius 2 is 2.16 bits per heavy atom. The molecule has 1 heterocycles. The zero-order valence-corrected chi connectivity index (χ0v) is 13.6. The van der Waals surface area contributed by atoms with Crippen molar-refractivity contribution in [2.24, 2.45) is 0 Å². The Bertz CT molecular complexity index is 352. The fourth-order valence-corrected chi connectivity index (χ4v) is 2.98. The van der Waals surface area contributed by atoms with Gasteiger partial charge in [0.05, 0.1) is 6.61 Å². The summed E-state index contributed by atoms with van der Waals surface area (Å²) in [5.74, 6) is 0. The van der Waals surface area contributed by atoms with Gasteiger partial charge in [0.2, 0.25) is 0 Å².